The van der Waals surface area contributed by atoms with Crippen molar-refractivity contribution in [3.63, 3.8) is 0 Å². The number of nitrogens with two attached hydrogens (primary N) is 1. The van der Waals surface area contributed by atoms with Gasteiger partial charge in [0.05, 0.1) is 5.92 Å². The first-order valence-electron chi connectivity index (χ1n) is 7.26. The molecule has 1 aromatic heterocycles. The van der Waals surface area contributed by atoms with Crippen molar-refractivity contribution in [2.75, 3.05) is 5.32 Å². The third-order valence-corrected chi connectivity index (χ3v) is 5.38. The third-order valence-electron chi connectivity index (χ3n) is 4.05. The Bertz CT molecular complexity index is 488. The normalized spacial score (nSPS) is 27.4. The van der Waals surface area contributed by atoms with E-state index in [1.165, 1.54) is 4.88 Å². The molecular formula is C15H25N3OS. The van der Waals surface area contributed by atoms with Crippen LogP contribution in [0, 0.1) is 5.92 Å². The van der Waals surface area contributed by atoms with Crippen LogP contribution >= 0.6 is 11.3 Å². The van der Waals surface area contributed by atoms with Crippen molar-refractivity contribution in [3.05, 3.63) is 11.1 Å². The number of nitrogens with one attached hydrogen (secondary N) is 1. The molecule has 1 aliphatic rings. The van der Waals surface area contributed by atoms with E-state index in [9.17, 15) is 4.79 Å². The van der Waals surface area contributed by atoms with Crippen molar-refractivity contribution >= 4 is 22.4 Å². The number of carbonyl (C=O) groups excluding carboxylic acids is 1. The second-order valence-electron chi connectivity index (χ2n) is 7.07. The predicted octanol–water partition coefficient (Wildman–Crippen LogP) is 3.29. The van der Waals surface area contributed by atoms with Gasteiger partial charge in [-0.25, -0.2) is 4.98 Å². The van der Waals surface area contributed by atoms with Crippen molar-refractivity contribution in [3.8, 4) is 0 Å². The summed E-state index contributed by atoms with van der Waals surface area (Å²) in [7, 11) is 0. The van der Waals surface area contributed by atoms with Crippen LogP contribution in [0.15, 0.2) is 6.20 Å². The molecule has 1 aromatic rings. The average molecular weight is 295 g/mol. The maximum absolute atomic E-state index is 12.4. The van der Waals surface area contributed by atoms with Crippen LogP contribution in [-0.2, 0) is 10.2 Å². The number of amides is 1. The van der Waals surface area contributed by atoms with Gasteiger partial charge in [0.15, 0.2) is 5.13 Å². The zero-order valence-electron chi connectivity index (χ0n) is 12.8. The lowest BCUT2D eigenvalue weighted by Crippen LogP contribution is -2.51. The van der Waals surface area contributed by atoms with E-state index in [1.54, 1.807) is 11.3 Å². The summed E-state index contributed by atoms with van der Waals surface area (Å²) in [4.78, 5) is 17.9. The van der Waals surface area contributed by atoms with E-state index in [1.807, 2.05) is 13.1 Å². The summed E-state index contributed by atoms with van der Waals surface area (Å²) in [5, 5.41) is 3.63. The Balaban J connectivity index is 2.06. The van der Waals surface area contributed by atoms with Crippen molar-refractivity contribution in [2.24, 2.45) is 11.7 Å². The Morgan fingerprint density at radius 1 is 1.50 bits per heavy atom. The molecule has 1 fully saturated rings. The molecule has 2 atom stereocenters. The number of nitrogens with zero attached hydrogens (tertiary/aromatic N) is 1. The zero-order chi connectivity index (χ0) is 15.0. The van der Waals surface area contributed by atoms with E-state index in [4.69, 9.17) is 5.73 Å². The number of rotatable bonds is 2. The standard InChI is InChI=1S/C15H25N3OS/c1-14(2,3)11-9-17-13(20-11)18-12(19)10-7-5-6-8-15(10,4)16/h9-10H,5-8,16H2,1-4H3,(H,17,18,19). The molecule has 112 valence electrons. The molecule has 0 spiro atoms. The largest absolute Gasteiger partial charge is 0.325 e. The number of hydrogen-bond donors (Lipinski definition) is 2. The highest BCUT2D eigenvalue weighted by molar-refractivity contribution is 7.15. The van der Waals surface area contributed by atoms with Crippen molar-refractivity contribution < 1.29 is 4.79 Å². The van der Waals surface area contributed by atoms with E-state index in [0.29, 0.717) is 5.13 Å². The molecule has 1 heterocycles. The number of anilines is 1. The second-order valence-corrected chi connectivity index (χ2v) is 8.10. The van der Waals surface area contributed by atoms with Crippen molar-refractivity contribution in [1.29, 1.82) is 0 Å². The highest BCUT2D eigenvalue weighted by Crippen LogP contribution is 2.34. The molecule has 3 N–H and O–H groups in total. The Hall–Kier alpha value is -0.940. The summed E-state index contributed by atoms with van der Waals surface area (Å²) < 4.78 is 0. The van der Waals surface area contributed by atoms with Gasteiger partial charge in [0.1, 0.15) is 0 Å². The van der Waals surface area contributed by atoms with Crippen molar-refractivity contribution in [2.45, 2.75) is 64.3 Å². The minimum absolute atomic E-state index is 0.0181. The Morgan fingerprint density at radius 2 is 2.20 bits per heavy atom. The Morgan fingerprint density at radius 3 is 2.75 bits per heavy atom. The Labute approximate surface area is 125 Å². The van der Waals surface area contributed by atoms with Crippen LogP contribution in [-0.4, -0.2) is 16.4 Å². The van der Waals surface area contributed by atoms with Gasteiger partial charge in [0.2, 0.25) is 5.91 Å². The predicted molar refractivity (Wildman–Crippen MR) is 84.0 cm³/mol. The number of carbonyl (C=O) groups is 1. The lowest BCUT2D eigenvalue weighted by atomic mass is 9.74. The molecule has 1 amide bonds. The van der Waals surface area contributed by atoms with E-state index in [2.05, 4.69) is 31.1 Å². The fraction of sp³-hybridized carbons (Fsp3) is 0.733. The number of hydrogen-bond acceptors (Lipinski definition) is 4. The maximum atomic E-state index is 12.4. The van der Waals surface area contributed by atoms with E-state index >= 15 is 0 Å². The first kappa shape index (κ1) is 15.4. The van der Waals surface area contributed by atoms with Gasteiger partial charge in [-0.2, -0.15) is 0 Å². The lowest BCUT2D eigenvalue weighted by molar-refractivity contribution is -0.122. The summed E-state index contributed by atoms with van der Waals surface area (Å²) in [6.45, 7) is 8.41. The fourth-order valence-electron chi connectivity index (χ4n) is 2.66. The van der Waals surface area contributed by atoms with E-state index in [0.717, 1.165) is 25.7 Å². The topological polar surface area (TPSA) is 68.0 Å². The minimum Gasteiger partial charge on any atom is -0.325 e. The van der Waals surface area contributed by atoms with Gasteiger partial charge in [-0.05, 0) is 25.2 Å². The fourth-order valence-corrected chi connectivity index (χ4v) is 3.54. The van der Waals surface area contributed by atoms with Gasteiger partial charge in [0.25, 0.3) is 0 Å². The van der Waals surface area contributed by atoms with Gasteiger partial charge in [-0.3, -0.25) is 4.79 Å². The molecule has 0 aliphatic heterocycles. The molecule has 5 heteroatoms. The molecule has 0 saturated heterocycles. The van der Waals surface area contributed by atoms with Gasteiger partial charge < -0.3 is 11.1 Å². The third kappa shape index (κ3) is 3.38. The lowest BCUT2D eigenvalue weighted by Gasteiger charge is -2.36. The van der Waals surface area contributed by atoms with Gasteiger partial charge in [-0.15, -0.1) is 11.3 Å². The molecule has 2 unspecified atom stereocenters. The van der Waals surface area contributed by atoms with Crippen LogP contribution in [0.2, 0.25) is 0 Å². The van der Waals surface area contributed by atoms with Crippen LogP contribution in [0.25, 0.3) is 0 Å². The summed E-state index contributed by atoms with van der Waals surface area (Å²) in [6.07, 6.45) is 5.83. The molecule has 0 bridgehead atoms. The van der Waals surface area contributed by atoms with E-state index < -0.39 is 5.54 Å². The molecular weight excluding hydrogens is 270 g/mol. The summed E-state index contributed by atoms with van der Waals surface area (Å²) in [6, 6.07) is 0. The van der Waals surface area contributed by atoms with Crippen LogP contribution < -0.4 is 11.1 Å². The Kier molecular flexibility index (Phi) is 4.21. The smallest absolute Gasteiger partial charge is 0.231 e. The van der Waals surface area contributed by atoms with Gasteiger partial charge in [-0.1, -0.05) is 33.6 Å². The highest BCUT2D eigenvalue weighted by atomic mass is 32.1. The van der Waals surface area contributed by atoms with Crippen LogP contribution in [0.3, 0.4) is 0 Å². The average Bonchev–Trinajstić information content (AvgIpc) is 2.76. The molecule has 1 saturated carbocycles. The number of thiazole rings is 1. The van der Waals surface area contributed by atoms with Gasteiger partial charge in [0, 0.05) is 16.6 Å². The maximum Gasteiger partial charge on any atom is 0.231 e. The van der Waals surface area contributed by atoms with Crippen LogP contribution in [0.4, 0.5) is 5.13 Å². The summed E-state index contributed by atoms with van der Waals surface area (Å²) >= 11 is 1.55. The van der Waals surface area contributed by atoms with Crippen molar-refractivity contribution in [1.82, 2.24) is 4.98 Å². The molecule has 2 rings (SSSR count). The van der Waals surface area contributed by atoms with Crippen LogP contribution in [0.5, 0.6) is 0 Å². The zero-order valence-corrected chi connectivity index (χ0v) is 13.6. The molecule has 1 aliphatic carbocycles. The first-order chi connectivity index (χ1) is 9.20. The molecule has 20 heavy (non-hydrogen) atoms. The molecule has 0 radical (unpaired) electrons. The second kappa shape index (κ2) is 5.45. The van der Waals surface area contributed by atoms with Gasteiger partial charge >= 0.3 is 0 Å². The quantitative estimate of drug-likeness (QED) is 0.879. The van der Waals surface area contributed by atoms with Crippen LogP contribution in [0.1, 0.15) is 58.3 Å². The SMILES string of the molecule is CC(C)(C)c1cnc(NC(=O)C2CCCCC2(C)N)s1. The number of aromatic nitrogens is 1. The van der Waals surface area contributed by atoms with E-state index in [-0.39, 0.29) is 17.2 Å². The minimum atomic E-state index is -0.396. The molecule has 4 nitrogen and oxygen atoms in total. The summed E-state index contributed by atoms with van der Waals surface area (Å²) in [5.74, 6) is -0.0947. The first-order valence-corrected chi connectivity index (χ1v) is 8.08. The highest BCUT2D eigenvalue weighted by Gasteiger charge is 2.38. The monoisotopic (exact) mass is 295 g/mol. The summed E-state index contributed by atoms with van der Waals surface area (Å²) in [5.41, 5.74) is 5.94. The molecule has 0 aromatic carbocycles.